The first-order valence-corrected chi connectivity index (χ1v) is 10.5. The Balaban J connectivity index is 0.00000272. The number of para-hydroxylation sites is 2. The molecule has 0 aromatic heterocycles. The van der Waals surface area contributed by atoms with Crippen molar-refractivity contribution in [1.82, 2.24) is 15.5 Å². The van der Waals surface area contributed by atoms with Gasteiger partial charge in [-0.15, -0.1) is 24.0 Å². The predicted octanol–water partition coefficient (Wildman–Crippen LogP) is 2.12. The van der Waals surface area contributed by atoms with Crippen molar-refractivity contribution in [3.05, 3.63) is 60.2 Å². The lowest BCUT2D eigenvalue weighted by Gasteiger charge is -2.36. The highest BCUT2D eigenvalue weighted by molar-refractivity contribution is 14.0. The van der Waals surface area contributed by atoms with Crippen LogP contribution in [0.3, 0.4) is 0 Å². The van der Waals surface area contributed by atoms with Crippen LogP contribution in [0.4, 0.5) is 5.69 Å². The zero-order valence-corrected chi connectivity index (χ0v) is 20.1. The summed E-state index contributed by atoms with van der Waals surface area (Å²) in [6.45, 7) is 4.03. The molecule has 0 radical (unpaired) electrons. The normalized spacial score (nSPS) is 18.0. The monoisotopic (exact) mass is 535 g/mol. The van der Waals surface area contributed by atoms with E-state index < -0.39 is 0 Å². The summed E-state index contributed by atoms with van der Waals surface area (Å²) in [4.78, 5) is 21.1. The van der Waals surface area contributed by atoms with Crippen molar-refractivity contribution in [1.29, 1.82) is 0 Å². The number of halogens is 1. The van der Waals surface area contributed by atoms with E-state index >= 15 is 0 Å². The van der Waals surface area contributed by atoms with Gasteiger partial charge in [-0.3, -0.25) is 9.79 Å². The molecule has 2 aliphatic rings. The molecule has 1 fully saturated rings. The number of benzene rings is 2. The van der Waals surface area contributed by atoms with Gasteiger partial charge in [0.25, 0.3) is 0 Å². The predicted molar refractivity (Wildman–Crippen MR) is 135 cm³/mol. The minimum Gasteiger partial charge on any atom is -0.488 e. The molecule has 8 heteroatoms. The second kappa shape index (κ2) is 11.2. The Morgan fingerprint density at radius 3 is 2.45 bits per heavy atom. The summed E-state index contributed by atoms with van der Waals surface area (Å²) >= 11 is 0. The van der Waals surface area contributed by atoms with Gasteiger partial charge in [-0.1, -0.05) is 36.4 Å². The van der Waals surface area contributed by atoms with E-state index in [2.05, 4.69) is 38.7 Å². The number of nitrogens with one attached hydrogen (secondary N) is 2. The fraction of sp³-hybridized carbons (Fsp3) is 0.391. The van der Waals surface area contributed by atoms with Gasteiger partial charge >= 0.3 is 0 Å². The van der Waals surface area contributed by atoms with E-state index in [1.54, 1.807) is 7.05 Å². The smallest absolute Gasteiger partial charge is 0.242 e. The standard InChI is InChI=1S/C23H29N5O2.HI/c1-24-23(25-16-20-15-18-7-5-6-10-21(18)30-20)26-17-22(29)28-13-11-27(12-14-28)19-8-3-2-4-9-19;/h2-10,20H,11-17H2,1H3,(H2,24,25,26);1H. The number of guanidine groups is 1. The Labute approximate surface area is 200 Å². The second-order valence-corrected chi connectivity index (χ2v) is 7.56. The summed E-state index contributed by atoms with van der Waals surface area (Å²) in [5.41, 5.74) is 2.45. The molecule has 2 aromatic carbocycles. The summed E-state index contributed by atoms with van der Waals surface area (Å²) < 4.78 is 5.94. The number of rotatable bonds is 5. The number of hydrogen-bond acceptors (Lipinski definition) is 4. The van der Waals surface area contributed by atoms with Crippen LogP contribution in [0.5, 0.6) is 5.75 Å². The van der Waals surface area contributed by atoms with E-state index in [4.69, 9.17) is 4.74 Å². The first-order valence-electron chi connectivity index (χ1n) is 10.5. The number of fused-ring (bicyclic) bond motifs is 1. The van der Waals surface area contributed by atoms with Crippen molar-refractivity contribution in [2.75, 3.05) is 51.2 Å². The van der Waals surface area contributed by atoms with Crippen molar-refractivity contribution < 1.29 is 9.53 Å². The molecular formula is C23H30IN5O2. The molecule has 2 N–H and O–H groups in total. The molecule has 0 saturated carbocycles. The number of aliphatic imine (C=N–C) groups is 1. The maximum absolute atomic E-state index is 12.6. The highest BCUT2D eigenvalue weighted by Gasteiger charge is 2.23. The van der Waals surface area contributed by atoms with E-state index in [1.807, 2.05) is 41.3 Å². The molecule has 2 aliphatic heterocycles. The molecule has 7 nitrogen and oxygen atoms in total. The first-order chi connectivity index (χ1) is 14.7. The van der Waals surface area contributed by atoms with Gasteiger partial charge in [0.1, 0.15) is 11.9 Å². The zero-order chi connectivity index (χ0) is 20.8. The van der Waals surface area contributed by atoms with Gasteiger partial charge in [0.15, 0.2) is 5.96 Å². The Kier molecular flexibility index (Phi) is 8.39. The van der Waals surface area contributed by atoms with Gasteiger partial charge < -0.3 is 25.2 Å². The molecule has 1 unspecified atom stereocenters. The first kappa shape index (κ1) is 23.2. The topological polar surface area (TPSA) is 69.2 Å². The lowest BCUT2D eigenvalue weighted by atomic mass is 10.1. The Morgan fingerprint density at radius 2 is 1.74 bits per heavy atom. The maximum Gasteiger partial charge on any atom is 0.242 e. The number of piperazine rings is 1. The Bertz CT molecular complexity index is 860. The Morgan fingerprint density at radius 1 is 1.03 bits per heavy atom. The van der Waals surface area contributed by atoms with Crippen LogP contribution in [0.1, 0.15) is 5.56 Å². The lowest BCUT2D eigenvalue weighted by Crippen LogP contribution is -2.52. The van der Waals surface area contributed by atoms with Crippen molar-refractivity contribution in [3.63, 3.8) is 0 Å². The minimum atomic E-state index is 0. The van der Waals surface area contributed by atoms with Gasteiger partial charge in [0, 0.05) is 45.3 Å². The highest BCUT2D eigenvalue weighted by Crippen LogP contribution is 2.27. The van der Waals surface area contributed by atoms with Crippen molar-refractivity contribution in [2.24, 2.45) is 4.99 Å². The van der Waals surface area contributed by atoms with Gasteiger partial charge in [-0.25, -0.2) is 0 Å². The van der Waals surface area contributed by atoms with Crippen LogP contribution in [-0.4, -0.2) is 69.2 Å². The molecule has 4 rings (SSSR count). The van der Waals surface area contributed by atoms with Gasteiger partial charge in [0.2, 0.25) is 5.91 Å². The summed E-state index contributed by atoms with van der Waals surface area (Å²) in [6, 6.07) is 18.5. The fourth-order valence-electron chi connectivity index (χ4n) is 3.92. The summed E-state index contributed by atoms with van der Waals surface area (Å²) in [5.74, 6) is 1.66. The molecule has 0 bridgehead atoms. The van der Waals surface area contributed by atoms with Gasteiger partial charge in [-0.05, 0) is 23.8 Å². The molecule has 166 valence electrons. The highest BCUT2D eigenvalue weighted by atomic mass is 127. The van der Waals surface area contributed by atoms with E-state index in [0.29, 0.717) is 12.5 Å². The summed E-state index contributed by atoms with van der Waals surface area (Å²) in [6.07, 6.45) is 0.952. The molecular weight excluding hydrogens is 505 g/mol. The van der Waals surface area contributed by atoms with Crippen molar-refractivity contribution in [2.45, 2.75) is 12.5 Å². The van der Waals surface area contributed by atoms with Crippen LogP contribution in [-0.2, 0) is 11.2 Å². The average Bonchev–Trinajstić information content (AvgIpc) is 3.23. The van der Waals surface area contributed by atoms with Gasteiger partial charge in [-0.2, -0.15) is 0 Å². The van der Waals surface area contributed by atoms with E-state index in [0.717, 1.165) is 38.3 Å². The third-order valence-electron chi connectivity index (χ3n) is 5.60. The SMILES string of the molecule is CN=C(NCC(=O)N1CCN(c2ccccc2)CC1)NCC1Cc2ccccc2O1.I. The number of amides is 1. The quantitative estimate of drug-likeness (QED) is 0.349. The molecule has 1 amide bonds. The maximum atomic E-state index is 12.6. The third-order valence-corrected chi connectivity index (χ3v) is 5.60. The van der Waals surface area contributed by atoms with E-state index in [9.17, 15) is 4.79 Å². The van der Waals surface area contributed by atoms with Gasteiger partial charge in [0.05, 0.1) is 13.1 Å². The molecule has 2 heterocycles. The molecule has 0 spiro atoms. The van der Waals surface area contributed by atoms with Crippen molar-refractivity contribution >= 4 is 41.5 Å². The van der Waals surface area contributed by atoms with Crippen molar-refractivity contribution in [3.8, 4) is 5.75 Å². The fourth-order valence-corrected chi connectivity index (χ4v) is 3.92. The molecule has 31 heavy (non-hydrogen) atoms. The molecule has 2 aromatic rings. The largest absolute Gasteiger partial charge is 0.488 e. The van der Waals surface area contributed by atoms with Crippen LogP contribution >= 0.6 is 24.0 Å². The van der Waals surface area contributed by atoms with Crippen LogP contribution in [0.2, 0.25) is 0 Å². The zero-order valence-electron chi connectivity index (χ0n) is 17.8. The number of ether oxygens (including phenoxy) is 1. The molecule has 1 atom stereocenters. The van der Waals surface area contributed by atoms with Crippen LogP contribution in [0, 0.1) is 0 Å². The van der Waals surface area contributed by atoms with E-state index in [1.165, 1.54) is 11.3 Å². The van der Waals surface area contributed by atoms with Crippen LogP contribution in [0.25, 0.3) is 0 Å². The number of hydrogen-bond donors (Lipinski definition) is 2. The summed E-state index contributed by atoms with van der Waals surface area (Å²) in [5, 5.41) is 6.40. The number of carbonyl (C=O) groups excluding carboxylic acids is 1. The molecule has 1 saturated heterocycles. The minimum absolute atomic E-state index is 0. The van der Waals surface area contributed by atoms with E-state index in [-0.39, 0.29) is 42.5 Å². The third kappa shape index (κ3) is 6.03. The molecule has 0 aliphatic carbocycles. The number of nitrogens with zero attached hydrogens (tertiary/aromatic N) is 3. The average molecular weight is 535 g/mol. The Hall–Kier alpha value is -2.49. The number of anilines is 1. The summed E-state index contributed by atoms with van der Waals surface area (Å²) in [7, 11) is 1.71. The number of carbonyl (C=O) groups is 1. The lowest BCUT2D eigenvalue weighted by molar-refractivity contribution is -0.130. The van der Waals surface area contributed by atoms with Crippen LogP contribution in [0.15, 0.2) is 59.6 Å². The van der Waals surface area contributed by atoms with Crippen LogP contribution < -0.4 is 20.3 Å². The second-order valence-electron chi connectivity index (χ2n) is 7.56.